The number of carbonyl (C=O) groups is 1. The molecule has 3 aromatic heterocycles. The van der Waals surface area contributed by atoms with Crippen molar-refractivity contribution in [2.75, 3.05) is 13.7 Å². The third-order valence-corrected chi connectivity index (χ3v) is 4.66. The van der Waals surface area contributed by atoms with Gasteiger partial charge in [-0.25, -0.2) is 9.37 Å². The molecule has 1 aromatic carbocycles. The maximum absolute atomic E-state index is 14.5. The molecule has 0 bridgehead atoms. The van der Waals surface area contributed by atoms with Crippen molar-refractivity contribution in [2.24, 2.45) is 7.05 Å². The van der Waals surface area contributed by atoms with Crippen LogP contribution in [0.5, 0.6) is 5.75 Å². The van der Waals surface area contributed by atoms with Gasteiger partial charge in [0.1, 0.15) is 29.9 Å². The van der Waals surface area contributed by atoms with Gasteiger partial charge in [-0.05, 0) is 12.1 Å². The SMILES string of the molecule is COc1ccc(-c2cn3cc(C(=O)NCCn4cnnc4)nc3c(=O)n2C)c(F)c1. The first-order valence-corrected chi connectivity index (χ1v) is 9.01. The molecule has 1 N–H and O–H groups in total. The standard InChI is InChI=1S/C19H18FN7O3/c1-25-16(13-4-3-12(30-2)7-14(13)20)9-27-8-15(24-17(27)19(25)29)18(28)21-5-6-26-10-22-23-11-26/h3-4,7-11H,5-6H2,1-2H3,(H,21,28). The fourth-order valence-corrected chi connectivity index (χ4v) is 3.04. The highest BCUT2D eigenvalue weighted by atomic mass is 19.1. The van der Waals surface area contributed by atoms with Crippen molar-refractivity contribution >= 4 is 11.6 Å². The van der Waals surface area contributed by atoms with Crippen LogP contribution < -0.4 is 15.6 Å². The van der Waals surface area contributed by atoms with Crippen LogP contribution in [0.2, 0.25) is 0 Å². The van der Waals surface area contributed by atoms with Crippen molar-refractivity contribution in [3.05, 3.63) is 65.1 Å². The Morgan fingerprint density at radius 2 is 2.00 bits per heavy atom. The first-order chi connectivity index (χ1) is 14.5. The molecule has 4 rings (SSSR count). The van der Waals surface area contributed by atoms with Gasteiger partial charge in [-0.1, -0.05) is 0 Å². The molecule has 4 aromatic rings. The fourth-order valence-electron chi connectivity index (χ4n) is 3.04. The normalized spacial score (nSPS) is 11.0. The molecular formula is C19H18FN7O3. The highest BCUT2D eigenvalue weighted by molar-refractivity contribution is 5.92. The summed E-state index contributed by atoms with van der Waals surface area (Å²) in [5, 5.41) is 10.1. The van der Waals surface area contributed by atoms with Gasteiger partial charge < -0.3 is 19.2 Å². The monoisotopic (exact) mass is 411 g/mol. The summed E-state index contributed by atoms with van der Waals surface area (Å²) in [5.41, 5.74) is 0.268. The van der Waals surface area contributed by atoms with E-state index in [1.165, 1.54) is 41.5 Å². The molecule has 0 aliphatic carbocycles. The number of nitrogens with zero attached hydrogens (tertiary/aromatic N) is 6. The van der Waals surface area contributed by atoms with Crippen LogP contribution >= 0.6 is 0 Å². The van der Waals surface area contributed by atoms with Gasteiger partial charge in [0, 0.05) is 44.2 Å². The Morgan fingerprint density at radius 3 is 2.70 bits per heavy atom. The molecule has 0 spiro atoms. The van der Waals surface area contributed by atoms with Gasteiger partial charge in [-0.15, -0.1) is 10.2 Å². The van der Waals surface area contributed by atoms with Gasteiger partial charge in [0.15, 0.2) is 0 Å². The highest BCUT2D eigenvalue weighted by Gasteiger charge is 2.17. The summed E-state index contributed by atoms with van der Waals surface area (Å²) in [6, 6.07) is 4.38. The molecule has 0 aliphatic heterocycles. The van der Waals surface area contributed by atoms with Crippen molar-refractivity contribution in [2.45, 2.75) is 6.54 Å². The van der Waals surface area contributed by atoms with Gasteiger partial charge in [0.25, 0.3) is 11.5 Å². The predicted octanol–water partition coefficient (Wildman–Crippen LogP) is 0.869. The number of fused-ring (bicyclic) bond motifs is 1. The van der Waals surface area contributed by atoms with E-state index in [1.54, 1.807) is 29.5 Å². The first-order valence-electron chi connectivity index (χ1n) is 9.01. The van der Waals surface area contributed by atoms with Gasteiger partial charge in [-0.3, -0.25) is 14.0 Å². The Bertz CT molecular complexity index is 1280. The maximum atomic E-state index is 14.5. The average Bonchev–Trinajstić information content (AvgIpc) is 3.40. The zero-order chi connectivity index (χ0) is 21.3. The van der Waals surface area contributed by atoms with Crippen LogP contribution in [-0.4, -0.2) is 48.3 Å². The van der Waals surface area contributed by atoms with E-state index in [0.717, 1.165) is 0 Å². The molecule has 0 fully saturated rings. The molecule has 0 saturated carbocycles. The number of rotatable bonds is 6. The molecule has 30 heavy (non-hydrogen) atoms. The summed E-state index contributed by atoms with van der Waals surface area (Å²) >= 11 is 0. The van der Waals surface area contributed by atoms with E-state index < -0.39 is 17.3 Å². The van der Waals surface area contributed by atoms with Crippen molar-refractivity contribution in [3.63, 3.8) is 0 Å². The van der Waals surface area contributed by atoms with Crippen LogP contribution in [0.25, 0.3) is 16.9 Å². The summed E-state index contributed by atoms with van der Waals surface area (Å²) < 4.78 is 24.0. The number of benzene rings is 1. The van der Waals surface area contributed by atoms with Gasteiger partial charge >= 0.3 is 0 Å². The zero-order valence-corrected chi connectivity index (χ0v) is 16.2. The number of hydrogen-bond acceptors (Lipinski definition) is 6. The van der Waals surface area contributed by atoms with Crippen molar-refractivity contribution in [3.8, 4) is 17.0 Å². The number of halogens is 1. The number of carbonyl (C=O) groups excluding carboxylic acids is 1. The van der Waals surface area contributed by atoms with E-state index in [1.807, 2.05) is 0 Å². The van der Waals surface area contributed by atoms with E-state index in [9.17, 15) is 14.0 Å². The molecule has 0 atom stereocenters. The van der Waals surface area contributed by atoms with Crippen LogP contribution in [0.4, 0.5) is 4.39 Å². The van der Waals surface area contributed by atoms with E-state index in [2.05, 4.69) is 20.5 Å². The molecule has 0 saturated heterocycles. The zero-order valence-electron chi connectivity index (χ0n) is 16.2. The fraction of sp³-hybridized carbons (Fsp3) is 0.211. The predicted molar refractivity (Wildman–Crippen MR) is 105 cm³/mol. The molecule has 0 unspecified atom stereocenters. The van der Waals surface area contributed by atoms with E-state index in [4.69, 9.17) is 4.74 Å². The second-order valence-corrected chi connectivity index (χ2v) is 6.54. The minimum Gasteiger partial charge on any atom is -0.497 e. The molecule has 0 radical (unpaired) electrons. The number of hydrogen-bond donors (Lipinski definition) is 1. The molecule has 3 heterocycles. The maximum Gasteiger partial charge on any atom is 0.294 e. The van der Waals surface area contributed by atoms with Crippen LogP contribution in [0, 0.1) is 5.82 Å². The number of imidazole rings is 1. The minimum absolute atomic E-state index is 0.0686. The second-order valence-electron chi connectivity index (χ2n) is 6.54. The summed E-state index contributed by atoms with van der Waals surface area (Å²) in [6.07, 6.45) is 6.08. The van der Waals surface area contributed by atoms with Crippen molar-refractivity contribution in [1.29, 1.82) is 0 Å². The minimum atomic E-state index is -0.532. The molecule has 154 valence electrons. The molecule has 1 amide bonds. The lowest BCUT2D eigenvalue weighted by Gasteiger charge is -2.11. The molecule has 11 heteroatoms. The van der Waals surface area contributed by atoms with E-state index in [-0.39, 0.29) is 16.9 Å². The van der Waals surface area contributed by atoms with Gasteiger partial charge in [-0.2, -0.15) is 0 Å². The van der Waals surface area contributed by atoms with Crippen molar-refractivity contribution < 1.29 is 13.9 Å². The Kier molecular flexibility index (Phi) is 5.00. The number of methoxy groups -OCH3 is 1. The third kappa shape index (κ3) is 3.52. The van der Waals surface area contributed by atoms with Crippen LogP contribution in [0.15, 0.2) is 48.0 Å². The van der Waals surface area contributed by atoms with Crippen LogP contribution in [-0.2, 0) is 13.6 Å². The number of ether oxygens (including phenoxy) is 1. The first kappa shape index (κ1) is 19.3. The van der Waals surface area contributed by atoms with Crippen molar-refractivity contribution in [1.82, 2.24) is 34.0 Å². The third-order valence-electron chi connectivity index (χ3n) is 4.66. The smallest absolute Gasteiger partial charge is 0.294 e. The highest BCUT2D eigenvalue weighted by Crippen LogP contribution is 2.25. The Morgan fingerprint density at radius 1 is 1.23 bits per heavy atom. The Balaban J connectivity index is 1.64. The van der Waals surface area contributed by atoms with Gasteiger partial charge in [0.2, 0.25) is 5.65 Å². The Labute approximate surface area is 169 Å². The quantitative estimate of drug-likeness (QED) is 0.504. The largest absolute Gasteiger partial charge is 0.497 e. The summed E-state index contributed by atoms with van der Waals surface area (Å²) in [4.78, 5) is 29.3. The van der Waals surface area contributed by atoms with Crippen LogP contribution in [0.3, 0.4) is 0 Å². The number of aromatic nitrogens is 6. The summed E-state index contributed by atoms with van der Waals surface area (Å²) in [5.74, 6) is -0.586. The molecular weight excluding hydrogens is 393 g/mol. The second kappa shape index (κ2) is 7.78. The lowest BCUT2D eigenvalue weighted by molar-refractivity contribution is 0.0948. The van der Waals surface area contributed by atoms with E-state index in [0.29, 0.717) is 24.5 Å². The lowest BCUT2D eigenvalue weighted by atomic mass is 10.1. The number of nitrogens with one attached hydrogen (secondary N) is 1. The topological polar surface area (TPSA) is 108 Å². The summed E-state index contributed by atoms with van der Waals surface area (Å²) in [6.45, 7) is 0.833. The Hall–Kier alpha value is -4.02. The number of amides is 1. The summed E-state index contributed by atoms with van der Waals surface area (Å²) in [7, 11) is 2.97. The van der Waals surface area contributed by atoms with Crippen LogP contribution in [0.1, 0.15) is 10.5 Å². The van der Waals surface area contributed by atoms with Gasteiger partial charge in [0.05, 0.1) is 12.8 Å². The molecule has 10 nitrogen and oxygen atoms in total. The average molecular weight is 411 g/mol. The van der Waals surface area contributed by atoms with E-state index >= 15 is 0 Å². The lowest BCUT2D eigenvalue weighted by Crippen LogP contribution is -2.27. The molecule has 0 aliphatic rings.